The van der Waals surface area contributed by atoms with Crippen LogP contribution >= 0.6 is 23.2 Å². The van der Waals surface area contributed by atoms with Gasteiger partial charge in [-0.1, -0.05) is 35.3 Å². The molecule has 0 aliphatic heterocycles. The molecule has 1 amide bonds. The van der Waals surface area contributed by atoms with Gasteiger partial charge in [0.1, 0.15) is 5.69 Å². The summed E-state index contributed by atoms with van der Waals surface area (Å²) in [5.74, 6) is -0.0906. The Morgan fingerprint density at radius 1 is 1.12 bits per heavy atom. The third-order valence-corrected chi connectivity index (χ3v) is 3.78. The maximum atomic E-state index is 11.0. The molecule has 0 radical (unpaired) electrons. The fourth-order valence-corrected chi connectivity index (χ4v) is 2.66. The van der Waals surface area contributed by atoms with E-state index in [1.165, 1.54) is 6.92 Å². The number of rotatable bonds is 6. The van der Waals surface area contributed by atoms with E-state index >= 15 is 0 Å². The molecule has 2 aromatic rings. The molecule has 0 heterocycles. The molecule has 0 spiro atoms. The van der Waals surface area contributed by atoms with Gasteiger partial charge in [0.25, 0.3) is 0 Å². The first-order chi connectivity index (χ1) is 11.8. The molecule has 0 aliphatic carbocycles. The van der Waals surface area contributed by atoms with E-state index in [1.807, 2.05) is 43.3 Å². The zero-order chi connectivity index (χ0) is 18.4. The Hall–Kier alpha value is -2.24. The first-order valence-corrected chi connectivity index (χ1v) is 8.41. The largest absolute Gasteiger partial charge is 0.381 e. The zero-order valence-electron chi connectivity index (χ0n) is 14.3. The second-order valence-corrected chi connectivity index (χ2v) is 6.54. The molecule has 0 saturated carbocycles. The van der Waals surface area contributed by atoms with Crippen LogP contribution in [0.5, 0.6) is 0 Å². The molecule has 7 heteroatoms. The van der Waals surface area contributed by atoms with Gasteiger partial charge >= 0.3 is 0 Å². The predicted molar refractivity (Wildman–Crippen MR) is 106 cm³/mol. The van der Waals surface area contributed by atoms with Gasteiger partial charge in [-0.25, -0.2) is 4.99 Å². The molecule has 0 bridgehead atoms. The van der Waals surface area contributed by atoms with Crippen molar-refractivity contribution in [3.05, 3.63) is 52.0 Å². The van der Waals surface area contributed by atoms with Gasteiger partial charge in [0.15, 0.2) is 0 Å². The van der Waals surface area contributed by atoms with E-state index in [2.05, 4.69) is 15.6 Å². The number of anilines is 2. The summed E-state index contributed by atoms with van der Waals surface area (Å²) in [6, 6.07) is 11.2. The molecule has 0 aromatic heterocycles. The monoisotopic (exact) mass is 378 g/mol. The van der Waals surface area contributed by atoms with Crippen LogP contribution in [0, 0.1) is 0 Å². The van der Waals surface area contributed by atoms with Crippen molar-refractivity contribution >= 4 is 52.5 Å². The van der Waals surface area contributed by atoms with Gasteiger partial charge in [-0.3, -0.25) is 4.79 Å². The summed E-state index contributed by atoms with van der Waals surface area (Å²) in [5, 5.41) is 6.97. The second kappa shape index (κ2) is 8.74. The van der Waals surface area contributed by atoms with E-state index in [0.29, 0.717) is 22.3 Å². The highest BCUT2D eigenvalue weighted by Crippen LogP contribution is 2.36. The highest BCUT2D eigenvalue weighted by atomic mass is 35.5. The molecule has 25 heavy (non-hydrogen) atoms. The Balaban J connectivity index is 2.04. The number of carbonyl (C=O) groups excluding carboxylic acids is 1. The molecule has 0 saturated heterocycles. The van der Waals surface area contributed by atoms with Crippen molar-refractivity contribution in [1.82, 2.24) is 4.90 Å². The van der Waals surface area contributed by atoms with Crippen LogP contribution in [0.25, 0.3) is 0 Å². The lowest BCUT2D eigenvalue weighted by Crippen LogP contribution is -2.07. The third-order valence-electron chi connectivity index (χ3n) is 3.21. The number of amides is 1. The summed E-state index contributed by atoms with van der Waals surface area (Å²) in [7, 11) is 3.75. The number of nitrogens with zero attached hydrogens (tertiary/aromatic N) is 2. The van der Waals surface area contributed by atoms with Gasteiger partial charge in [0.2, 0.25) is 5.91 Å². The number of hydrogen-bond acceptors (Lipinski definition) is 3. The molecule has 132 valence electrons. The highest BCUT2D eigenvalue weighted by molar-refractivity contribution is 6.39. The molecule has 2 rings (SSSR count). The lowest BCUT2D eigenvalue weighted by molar-refractivity contribution is -0.114. The van der Waals surface area contributed by atoms with Crippen LogP contribution in [0.3, 0.4) is 0 Å². The van der Waals surface area contributed by atoms with Gasteiger partial charge in [-0.2, -0.15) is 0 Å². The minimum atomic E-state index is -0.0906. The fourth-order valence-electron chi connectivity index (χ4n) is 2.08. The number of nitrogens with one attached hydrogen (secondary N) is 2. The average molecular weight is 379 g/mol. The van der Waals surface area contributed by atoms with E-state index in [-0.39, 0.29) is 5.91 Å². The SMILES string of the molecule is CC(=O)Nc1ccc(CNc2cc(Cl)c(N=CN(C)C)c(Cl)c2)cc1. The molecule has 0 aliphatic rings. The highest BCUT2D eigenvalue weighted by Gasteiger charge is 2.07. The van der Waals surface area contributed by atoms with Crippen molar-refractivity contribution < 1.29 is 4.79 Å². The van der Waals surface area contributed by atoms with Crippen LogP contribution in [-0.2, 0) is 11.3 Å². The molecule has 0 unspecified atom stereocenters. The first kappa shape index (κ1) is 19.1. The summed E-state index contributed by atoms with van der Waals surface area (Å²) in [4.78, 5) is 17.1. The summed E-state index contributed by atoms with van der Waals surface area (Å²) >= 11 is 12.5. The number of benzene rings is 2. The lowest BCUT2D eigenvalue weighted by Gasteiger charge is -2.11. The quantitative estimate of drug-likeness (QED) is 0.561. The first-order valence-electron chi connectivity index (χ1n) is 7.65. The van der Waals surface area contributed by atoms with Crippen LogP contribution in [0.4, 0.5) is 17.1 Å². The van der Waals surface area contributed by atoms with E-state index < -0.39 is 0 Å². The normalized spacial score (nSPS) is 10.8. The predicted octanol–water partition coefficient (Wildman–Crippen LogP) is 4.79. The maximum Gasteiger partial charge on any atom is 0.221 e. The Morgan fingerprint density at radius 2 is 1.72 bits per heavy atom. The van der Waals surface area contributed by atoms with Crippen LogP contribution < -0.4 is 10.6 Å². The van der Waals surface area contributed by atoms with E-state index in [0.717, 1.165) is 16.9 Å². The van der Waals surface area contributed by atoms with Gasteiger partial charge in [0, 0.05) is 38.9 Å². The molecule has 2 N–H and O–H groups in total. The van der Waals surface area contributed by atoms with Gasteiger partial charge in [0.05, 0.1) is 16.4 Å². The molecule has 5 nitrogen and oxygen atoms in total. The molecule has 0 fully saturated rings. The second-order valence-electron chi connectivity index (χ2n) is 5.73. The van der Waals surface area contributed by atoms with Gasteiger partial charge in [-0.15, -0.1) is 0 Å². The topological polar surface area (TPSA) is 56.7 Å². The number of hydrogen-bond donors (Lipinski definition) is 2. The van der Waals surface area contributed by atoms with E-state index in [1.54, 1.807) is 18.5 Å². The Morgan fingerprint density at radius 3 is 2.24 bits per heavy atom. The van der Waals surface area contributed by atoms with Crippen molar-refractivity contribution in [3.63, 3.8) is 0 Å². The van der Waals surface area contributed by atoms with Crippen LogP contribution in [-0.4, -0.2) is 31.2 Å². The zero-order valence-corrected chi connectivity index (χ0v) is 15.8. The number of carbonyl (C=O) groups is 1. The third kappa shape index (κ3) is 5.96. The van der Waals surface area contributed by atoms with E-state index in [9.17, 15) is 4.79 Å². The lowest BCUT2D eigenvalue weighted by atomic mass is 10.2. The van der Waals surface area contributed by atoms with Gasteiger partial charge < -0.3 is 15.5 Å². The van der Waals surface area contributed by atoms with Crippen LogP contribution in [0.1, 0.15) is 12.5 Å². The average Bonchev–Trinajstić information content (AvgIpc) is 2.52. The standard InChI is InChI=1S/C18H20Cl2N4O/c1-12(25)23-14-6-4-13(5-7-14)10-21-15-8-16(19)18(17(20)9-15)22-11-24(2)3/h4-9,11,21H,10H2,1-3H3,(H,23,25). The Bertz CT molecular complexity index is 750. The molecule has 2 aromatic carbocycles. The Kier molecular flexibility index (Phi) is 6.67. The summed E-state index contributed by atoms with van der Waals surface area (Å²) in [6.45, 7) is 2.09. The smallest absolute Gasteiger partial charge is 0.221 e. The molecular weight excluding hydrogens is 359 g/mol. The van der Waals surface area contributed by atoms with Crippen molar-refractivity contribution in [2.24, 2.45) is 4.99 Å². The maximum absolute atomic E-state index is 11.0. The minimum absolute atomic E-state index is 0.0906. The summed E-state index contributed by atoms with van der Waals surface area (Å²) in [6.07, 6.45) is 1.65. The van der Waals surface area contributed by atoms with Crippen LogP contribution in [0.2, 0.25) is 10.0 Å². The Labute approximate surface area is 157 Å². The number of aliphatic imine (C=N–C) groups is 1. The van der Waals surface area contributed by atoms with Crippen molar-refractivity contribution in [2.45, 2.75) is 13.5 Å². The van der Waals surface area contributed by atoms with E-state index in [4.69, 9.17) is 23.2 Å². The summed E-state index contributed by atoms with van der Waals surface area (Å²) in [5.41, 5.74) is 3.19. The number of halogens is 2. The minimum Gasteiger partial charge on any atom is -0.381 e. The molecule has 0 atom stereocenters. The van der Waals surface area contributed by atoms with Crippen molar-refractivity contribution in [1.29, 1.82) is 0 Å². The molecular formula is C18H20Cl2N4O. The van der Waals surface area contributed by atoms with Crippen LogP contribution in [0.15, 0.2) is 41.4 Å². The van der Waals surface area contributed by atoms with Gasteiger partial charge in [-0.05, 0) is 29.8 Å². The van der Waals surface area contributed by atoms with Crippen molar-refractivity contribution in [2.75, 3.05) is 24.7 Å². The summed E-state index contributed by atoms with van der Waals surface area (Å²) < 4.78 is 0. The van der Waals surface area contributed by atoms with Crippen molar-refractivity contribution in [3.8, 4) is 0 Å². The fraction of sp³-hybridized carbons (Fsp3) is 0.222.